The summed E-state index contributed by atoms with van der Waals surface area (Å²) < 4.78 is 0.644. The highest BCUT2D eigenvalue weighted by atomic mass is 79.9. The lowest BCUT2D eigenvalue weighted by Crippen LogP contribution is -2.17. The second-order valence-electron chi connectivity index (χ2n) is 4.71. The molecule has 0 bridgehead atoms. The molecule has 0 fully saturated rings. The maximum Gasteiger partial charge on any atom is 0.249 e. The summed E-state index contributed by atoms with van der Waals surface area (Å²) >= 11 is 3.43. The number of carbonyl (C=O) groups excluding carboxylic acids is 3. The molecule has 0 saturated carbocycles. The van der Waals surface area contributed by atoms with Crippen LogP contribution in [0.15, 0.2) is 28.7 Å². The number of fused-ring (bicyclic) bond motifs is 1. The summed E-state index contributed by atoms with van der Waals surface area (Å²) in [5.74, 6) is -1.74. The second kappa shape index (κ2) is 5.65. The monoisotopic (exact) mass is 348 g/mol. The summed E-state index contributed by atoms with van der Waals surface area (Å²) in [5, 5.41) is 1.01. The Balaban J connectivity index is 3.00. The number of carbonyl (C=O) groups is 3. The van der Waals surface area contributed by atoms with Gasteiger partial charge in [0.25, 0.3) is 0 Å². The molecule has 1 atom stereocenters. The third kappa shape index (κ3) is 2.54. The molecule has 2 aromatic rings. The smallest absolute Gasteiger partial charge is 0.249 e. The Kier molecular flexibility index (Phi) is 4.09. The summed E-state index contributed by atoms with van der Waals surface area (Å²) in [6.45, 7) is 1.71. The van der Waals surface area contributed by atoms with E-state index < -0.39 is 17.7 Å². The zero-order chi connectivity index (χ0) is 15.7. The van der Waals surface area contributed by atoms with Gasteiger partial charge in [-0.3, -0.25) is 9.59 Å². The van der Waals surface area contributed by atoms with Gasteiger partial charge in [-0.2, -0.15) is 0 Å². The first-order valence-electron chi connectivity index (χ1n) is 6.18. The van der Waals surface area contributed by atoms with Crippen LogP contribution in [0.3, 0.4) is 0 Å². The average Bonchev–Trinajstić information content (AvgIpc) is 2.46. The van der Waals surface area contributed by atoms with Gasteiger partial charge in [0, 0.05) is 26.9 Å². The molecule has 1 unspecified atom stereocenters. The van der Waals surface area contributed by atoms with Crippen LogP contribution in [0.4, 0.5) is 0 Å². The van der Waals surface area contributed by atoms with Crippen LogP contribution < -0.4 is 11.5 Å². The van der Waals surface area contributed by atoms with E-state index in [-0.39, 0.29) is 11.1 Å². The minimum atomic E-state index is -0.680. The fraction of sp³-hybridized carbons (Fsp3) is 0.133. The van der Waals surface area contributed by atoms with Gasteiger partial charge in [0.05, 0.1) is 0 Å². The zero-order valence-corrected chi connectivity index (χ0v) is 12.8. The number of halogens is 1. The Morgan fingerprint density at radius 2 is 1.81 bits per heavy atom. The largest absolute Gasteiger partial charge is 0.366 e. The molecule has 0 aliphatic rings. The number of amides is 2. The predicted octanol–water partition coefficient (Wildman–Crippen LogP) is 2.10. The first-order valence-corrected chi connectivity index (χ1v) is 6.97. The first-order chi connectivity index (χ1) is 9.88. The highest BCUT2D eigenvalue weighted by Crippen LogP contribution is 2.35. The fourth-order valence-electron chi connectivity index (χ4n) is 2.28. The Morgan fingerprint density at radius 3 is 2.33 bits per heavy atom. The van der Waals surface area contributed by atoms with Gasteiger partial charge in [-0.1, -0.05) is 19.1 Å². The van der Waals surface area contributed by atoms with Crippen LogP contribution in [-0.4, -0.2) is 18.1 Å². The van der Waals surface area contributed by atoms with E-state index in [1.165, 1.54) is 12.1 Å². The lowest BCUT2D eigenvalue weighted by Gasteiger charge is -2.15. The topological polar surface area (TPSA) is 103 Å². The third-order valence-corrected chi connectivity index (χ3v) is 4.23. The Hall–Kier alpha value is -2.21. The lowest BCUT2D eigenvalue weighted by molar-refractivity contribution is -0.108. The van der Waals surface area contributed by atoms with Gasteiger partial charge in [-0.15, -0.1) is 0 Å². The van der Waals surface area contributed by atoms with E-state index in [9.17, 15) is 14.4 Å². The van der Waals surface area contributed by atoms with E-state index in [0.29, 0.717) is 20.8 Å². The Bertz CT molecular complexity index is 771. The van der Waals surface area contributed by atoms with E-state index in [4.69, 9.17) is 11.5 Å². The number of aldehydes is 1. The maximum absolute atomic E-state index is 11.7. The van der Waals surface area contributed by atoms with Gasteiger partial charge >= 0.3 is 0 Å². The number of hydrogen-bond donors (Lipinski definition) is 2. The molecule has 0 saturated heterocycles. The van der Waals surface area contributed by atoms with Gasteiger partial charge in [0.1, 0.15) is 6.29 Å². The number of benzene rings is 2. The molecule has 0 spiro atoms. The van der Waals surface area contributed by atoms with Crippen molar-refractivity contribution in [2.75, 3.05) is 0 Å². The van der Waals surface area contributed by atoms with Crippen molar-refractivity contribution in [3.8, 4) is 0 Å². The van der Waals surface area contributed by atoms with Crippen molar-refractivity contribution in [2.45, 2.75) is 12.8 Å². The minimum Gasteiger partial charge on any atom is -0.366 e. The molecule has 5 nitrogen and oxygen atoms in total. The fourth-order valence-corrected chi connectivity index (χ4v) is 3.08. The number of primary amides is 2. The molecule has 21 heavy (non-hydrogen) atoms. The van der Waals surface area contributed by atoms with Crippen molar-refractivity contribution < 1.29 is 14.4 Å². The van der Waals surface area contributed by atoms with Gasteiger partial charge in [-0.05, 0) is 39.0 Å². The first kappa shape index (κ1) is 15.2. The van der Waals surface area contributed by atoms with Crippen LogP contribution in [0.25, 0.3) is 10.8 Å². The van der Waals surface area contributed by atoms with Gasteiger partial charge in [0.2, 0.25) is 11.8 Å². The van der Waals surface area contributed by atoms with E-state index in [1.54, 1.807) is 19.1 Å². The summed E-state index contributed by atoms with van der Waals surface area (Å²) in [7, 11) is 0. The molecule has 4 N–H and O–H groups in total. The van der Waals surface area contributed by atoms with Crippen molar-refractivity contribution in [2.24, 2.45) is 11.5 Å². The summed E-state index contributed by atoms with van der Waals surface area (Å²) in [5.41, 5.74) is 11.8. The third-order valence-electron chi connectivity index (χ3n) is 3.35. The van der Waals surface area contributed by atoms with Crippen molar-refractivity contribution in [1.29, 1.82) is 0 Å². The van der Waals surface area contributed by atoms with E-state index in [2.05, 4.69) is 15.9 Å². The average molecular weight is 349 g/mol. The van der Waals surface area contributed by atoms with E-state index in [1.807, 2.05) is 0 Å². The van der Waals surface area contributed by atoms with Crippen LogP contribution in [0.2, 0.25) is 0 Å². The zero-order valence-electron chi connectivity index (χ0n) is 11.2. The second-order valence-corrected chi connectivity index (χ2v) is 5.50. The van der Waals surface area contributed by atoms with E-state index >= 15 is 0 Å². The number of rotatable bonds is 4. The molecule has 0 aliphatic heterocycles. The molecule has 6 heteroatoms. The van der Waals surface area contributed by atoms with Crippen LogP contribution >= 0.6 is 15.9 Å². The molecule has 0 aliphatic carbocycles. The molecule has 2 rings (SSSR count). The Morgan fingerprint density at radius 1 is 1.19 bits per heavy atom. The van der Waals surface area contributed by atoms with Crippen molar-refractivity contribution in [3.05, 3.63) is 45.4 Å². The minimum absolute atomic E-state index is 0.173. The van der Waals surface area contributed by atoms with Crippen LogP contribution in [0.1, 0.15) is 39.1 Å². The normalized spacial score (nSPS) is 12.1. The molecular formula is C15H13BrN2O3. The summed E-state index contributed by atoms with van der Waals surface area (Å²) in [6.07, 6.45) is 0.772. The quantitative estimate of drug-likeness (QED) is 0.826. The molecular weight excluding hydrogens is 336 g/mol. The van der Waals surface area contributed by atoms with Crippen LogP contribution in [-0.2, 0) is 4.79 Å². The molecule has 108 valence electrons. The van der Waals surface area contributed by atoms with Crippen molar-refractivity contribution in [3.63, 3.8) is 0 Å². The standard InChI is InChI=1S/C15H13BrN2O3/c1-7(6-19)10-5-11(15(18)21)12-8(13(10)16)3-2-4-9(12)14(17)20/h2-7H,1H3,(H2,17,20)(H2,18,21). The van der Waals surface area contributed by atoms with Crippen molar-refractivity contribution in [1.82, 2.24) is 0 Å². The van der Waals surface area contributed by atoms with E-state index in [0.717, 1.165) is 6.29 Å². The van der Waals surface area contributed by atoms with Gasteiger partial charge in [-0.25, -0.2) is 0 Å². The summed E-state index contributed by atoms with van der Waals surface area (Å²) in [4.78, 5) is 34.3. The molecule has 2 aromatic carbocycles. The molecule has 0 radical (unpaired) electrons. The van der Waals surface area contributed by atoms with Crippen LogP contribution in [0.5, 0.6) is 0 Å². The maximum atomic E-state index is 11.7. The van der Waals surface area contributed by atoms with Crippen molar-refractivity contribution >= 4 is 44.8 Å². The highest BCUT2D eigenvalue weighted by molar-refractivity contribution is 9.10. The number of nitrogens with two attached hydrogens (primary N) is 2. The van der Waals surface area contributed by atoms with Crippen LogP contribution in [0, 0.1) is 0 Å². The molecule has 2 amide bonds. The van der Waals surface area contributed by atoms with Gasteiger partial charge < -0.3 is 16.3 Å². The predicted molar refractivity (Wildman–Crippen MR) is 83.2 cm³/mol. The highest BCUT2D eigenvalue weighted by Gasteiger charge is 2.20. The molecule has 0 aromatic heterocycles. The lowest BCUT2D eigenvalue weighted by atomic mass is 9.92. The SMILES string of the molecule is CC(C=O)c1cc(C(N)=O)c2c(C(N)=O)cccc2c1Br. The summed E-state index contributed by atoms with van der Waals surface area (Å²) in [6, 6.07) is 6.46. The molecule has 0 heterocycles. The number of hydrogen-bond acceptors (Lipinski definition) is 3. The van der Waals surface area contributed by atoms with Gasteiger partial charge in [0.15, 0.2) is 0 Å². The Labute approximate surface area is 129 Å².